The number of halogens is 1. The van der Waals surface area contributed by atoms with Crippen LogP contribution in [-0.2, 0) is 0 Å². The zero-order chi connectivity index (χ0) is 13.1. The monoisotopic (exact) mass is 267 g/mol. The summed E-state index contributed by atoms with van der Waals surface area (Å²) in [4.78, 5) is 20.6. The second kappa shape index (κ2) is 5.67. The van der Waals surface area contributed by atoms with Crippen LogP contribution in [0.25, 0.3) is 0 Å². The van der Waals surface area contributed by atoms with E-state index in [4.69, 9.17) is 11.6 Å². The van der Waals surface area contributed by atoms with Crippen LogP contribution >= 0.6 is 11.6 Å². The van der Waals surface area contributed by atoms with Crippen LogP contribution in [0.3, 0.4) is 0 Å². The van der Waals surface area contributed by atoms with Gasteiger partial charge in [-0.05, 0) is 25.6 Å². The molecule has 1 aromatic heterocycles. The Balaban J connectivity index is 2.10. The van der Waals surface area contributed by atoms with Crippen LogP contribution in [0.4, 0.5) is 0 Å². The number of carbonyl (C=O) groups excluding carboxylic acids is 1. The van der Waals surface area contributed by atoms with Gasteiger partial charge in [-0.3, -0.25) is 14.7 Å². The van der Waals surface area contributed by atoms with E-state index in [9.17, 15) is 4.79 Å². The Morgan fingerprint density at radius 2 is 2.33 bits per heavy atom. The molecule has 1 aromatic rings. The van der Waals surface area contributed by atoms with Crippen molar-refractivity contribution in [2.24, 2.45) is 0 Å². The zero-order valence-electron chi connectivity index (χ0n) is 10.8. The van der Waals surface area contributed by atoms with Crippen molar-refractivity contribution >= 4 is 17.5 Å². The van der Waals surface area contributed by atoms with E-state index < -0.39 is 0 Å². The highest BCUT2D eigenvalue weighted by molar-refractivity contribution is 6.30. The summed E-state index contributed by atoms with van der Waals surface area (Å²) in [5.74, 6) is -0.0240. The highest BCUT2D eigenvalue weighted by Crippen LogP contribution is 2.15. The van der Waals surface area contributed by atoms with Crippen molar-refractivity contribution in [3.05, 3.63) is 29.0 Å². The number of rotatable bonds is 2. The highest BCUT2D eigenvalue weighted by Gasteiger charge is 2.27. The first-order valence-electron chi connectivity index (χ1n) is 6.23. The first-order valence-corrected chi connectivity index (χ1v) is 6.60. The minimum atomic E-state index is -0.0240. The molecular formula is C13H18ClN3O. The van der Waals surface area contributed by atoms with Gasteiger partial charge in [0.1, 0.15) is 5.69 Å². The van der Waals surface area contributed by atoms with E-state index in [0.29, 0.717) is 16.8 Å². The molecule has 2 rings (SSSR count). The Hall–Kier alpha value is -1.13. The number of nitrogens with zero attached hydrogens (tertiary/aromatic N) is 3. The van der Waals surface area contributed by atoms with Crippen LogP contribution in [0.1, 0.15) is 23.8 Å². The largest absolute Gasteiger partial charge is 0.334 e. The van der Waals surface area contributed by atoms with Gasteiger partial charge in [-0.2, -0.15) is 0 Å². The van der Waals surface area contributed by atoms with Crippen LogP contribution in [0.15, 0.2) is 18.3 Å². The standard InChI is InChI=1S/C13H18ClN3O/c1-3-11-9-17(7-6-16(11)2)13(18)12-8-10(14)4-5-15-12/h4-5,8,11H,3,6-7,9H2,1-2H3. The molecule has 5 heteroatoms. The van der Waals surface area contributed by atoms with E-state index in [2.05, 4.69) is 23.9 Å². The Morgan fingerprint density at radius 1 is 1.56 bits per heavy atom. The van der Waals surface area contributed by atoms with Crippen molar-refractivity contribution in [2.45, 2.75) is 19.4 Å². The molecule has 1 unspecified atom stereocenters. The van der Waals surface area contributed by atoms with Gasteiger partial charge in [-0.15, -0.1) is 0 Å². The van der Waals surface area contributed by atoms with Gasteiger partial charge in [0, 0.05) is 36.9 Å². The number of carbonyl (C=O) groups is 1. The molecule has 0 bridgehead atoms. The van der Waals surface area contributed by atoms with Gasteiger partial charge in [0.2, 0.25) is 0 Å². The van der Waals surface area contributed by atoms with Gasteiger partial charge in [-0.1, -0.05) is 18.5 Å². The minimum absolute atomic E-state index is 0.0240. The Kier molecular flexibility index (Phi) is 4.19. The predicted molar refractivity (Wildman–Crippen MR) is 71.9 cm³/mol. The van der Waals surface area contributed by atoms with Crippen molar-refractivity contribution in [2.75, 3.05) is 26.7 Å². The van der Waals surface area contributed by atoms with Crippen LogP contribution in [-0.4, -0.2) is 53.4 Å². The second-order valence-electron chi connectivity index (χ2n) is 4.65. The molecule has 2 heterocycles. The third-order valence-corrected chi connectivity index (χ3v) is 3.71. The lowest BCUT2D eigenvalue weighted by Crippen LogP contribution is -2.53. The molecule has 1 amide bonds. The van der Waals surface area contributed by atoms with E-state index in [0.717, 1.165) is 26.1 Å². The van der Waals surface area contributed by atoms with Gasteiger partial charge in [-0.25, -0.2) is 0 Å². The average Bonchev–Trinajstić information content (AvgIpc) is 2.38. The summed E-state index contributed by atoms with van der Waals surface area (Å²) < 4.78 is 0. The molecule has 0 aliphatic carbocycles. The van der Waals surface area contributed by atoms with Gasteiger partial charge in [0.05, 0.1) is 0 Å². The number of piperazine rings is 1. The number of hydrogen-bond donors (Lipinski definition) is 0. The summed E-state index contributed by atoms with van der Waals surface area (Å²) in [6, 6.07) is 3.74. The highest BCUT2D eigenvalue weighted by atomic mass is 35.5. The lowest BCUT2D eigenvalue weighted by molar-refractivity contribution is 0.0536. The minimum Gasteiger partial charge on any atom is -0.334 e. The first kappa shape index (κ1) is 13.3. The van der Waals surface area contributed by atoms with Gasteiger partial charge >= 0.3 is 0 Å². The number of amides is 1. The lowest BCUT2D eigenvalue weighted by atomic mass is 10.1. The van der Waals surface area contributed by atoms with E-state index >= 15 is 0 Å². The third-order valence-electron chi connectivity index (χ3n) is 3.48. The summed E-state index contributed by atoms with van der Waals surface area (Å²) in [6.07, 6.45) is 2.62. The van der Waals surface area contributed by atoms with Crippen molar-refractivity contribution < 1.29 is 4.79 Å². The molecule has 18 heavy (non-hydrogen) atoms. The van der Waals surface area contributed by atoms with Crippen LogP contribution < -0.4 is 0 Å². The maximum absolute atomic E-state index is 12.3. The molecule has 1 aliphatic heterocycles. The molecule has 4 nitrogen and oxygen atoms in total. The fourth-order valence-corrected chi connectivity index (χ4v) is 2.41. The predicted octanol–water partition coefficient (Wildman–Crippen LogP) is 1.90. The molecule has 0 aromatic carbocycles. The number of likely N-dealkylation sites (N-methyl/N-ethyl adjacent to an activating group) is 1. The summed E-state index contributed by atoms with van der Waals surface area (Å²) in [7, 11) is 2.10. The lowest BCUT2D eigenvalue weighted by Gasteiger charge is -2.38. The molecule has 1 aliphatic rings. The maximum Gasteiger partial charge on any atom is 0.272 e. The maximum atomic E-state index is 12.3. The molecule has 98 valence electrons. The van der Waals surface area contributed by atoms with Crippen molar-refractivity contribution in [1.29, 1.82) is 0 Å². The summed E-state index contributed by atoms with van der Waals surface area (Å²) in [6.45, 7) is 4.57. The van der Waals surface area contributed by atoms with Gasteiger partial charge < -0.3 is 4.90 Å². The molecule has 0 spiro atoms. The summed E-state index contributed by atoms with van der Waals surface area (Å²) in [5.41, 5.74) is 0.432. The number of aromatic nitrogens is 1. The van der Waals surface area contributed by atoms with Gasteiger partial charge in [0.15, 0.2) is 0 Å². The topological polar surface area (TPSA) is 36.4 Å². The van der Waals surface area contributed by atoms with E-state index in [1.165, 1.54) is 0 Å². The summed E-state index contributed by atoms with van der Waals surface area (Å²) >= 11 is 5.89. The second-order valence-corrected chi connectivity index (χ2v) is 5.09. The Morgan fingerprint density at radius 3 is 3.00 bits per heavy atom. The molecule has 0 radical (unpaired) electrons. The van der Waals surface area contributed by atoms with E-state index in [1.807, 2.05) is 4.90 Å². The Labute approximate surface area is 113 Å². The van der Waals surface area contributed by atoms with Crippen LogP contribution in [0, 0.1) is 0 Å². The van der Waals surface area contributed by atoms with Gasteiger partial charge in [0.25, 0.3) is 5.91 Å². The van der Waals surface area contributed by atoms with Crippen molar-refractivity contribution in [1.82, 2.24) is 14.8 Å². The SMILES string of the molecule is CCC1CN(C(=O)c2cc(Cl)ccn2)CCN1C. The van der Waals surface area contributed by atoms with Crippen LogP contribution in [0.2, 0.25) is 5.02 Å². The van der Waals surface area contributed by atoms with Crippen molar-refractivity contribution in [3.8, 4) is 0 Å². The summed E-state index contributed by atoms with van der Waals surface area (Å²) in [5, 5.41) is 0.550. The molecule has 1 fully saturated rings. The molecule has 0 N–H and O–H groups in total. The Bertz CT molecular complexity index is 438. The zero-order valence-corrected chi connectivity index (χ0v) is 11.5. The average molecular weight is 268 g/mol. The van der Waals surface area contributed by atoms with E-state index in [-0.39, 0.29) is 5.91 Å². The normalized spacial score (nSPS) is 21.1. The van der Waals surface area contributed by atoms with Crippen LogP contribution in [0.5, 0.6) is 0 Å². The number of pyridine rings is 1. The third kappa shape index (κ3) is 2.82. The molecule has 1 atom stereocenters. The molecule has 1 saturated heterocycles. The fourth-order valence-electron chi connectivity index (χ4n) is 2.26. The first-order chi connectivity index (χ1) is 8.61. The molecule has 0 saturated carbocycles. The molecular weight excluding hydrogens is 250 g/mol. The van der Waals surface area contributed by atoms with E-state index in [1.54, 1.807) is 18.3 Å². The van der Waals surface area contributed by atoms with Crippen molar-refractivity contribution in [3.63, 3.8) is 0 Å². The smallest absolute Gasteiger partial charge is 0.272 e. The number of hydrogen-bond acceptors (Lipinski definition) is 3. The fraction of sp³-hybridized carbons (Fsp3) is 0.538. The quantitative estimate of drug-likeness (QED) is 0.821.